The molecule has 0 aliphatic carbocycles. The standard InChI is InChI=1S/C9H12N6O/c1-2-10-7-3-8(13-5-12-7)11-4-9-14-6-16-15-9/h3,5-6H,2,4H2,1H3,(H2,10,11,12,13). The Bertz CT molecular complexity index is 429. The van der Waals surface area contributed by atoms with Crippen LogP contribution in [0.4, 0.5) is 11.6 Å². The van der Waals surface area contributed by atoms with Gasteiger partial charge in [-0.1, -0.05) is 5.16 Å². The molecule has 0 bridgehead atoms. The maximum Gasteiger partial charge on any atom is 0.213 e. The minimum Gasteiger partial charge on any atom is -0.370 e. The van der Waals surface area contributed by atoms with E-state index in [0.717, 1.165) is 18.2 Å². The molecule has 2 N–H and O–H groups in total. The molecule has 0 radical (unpaired) electrons. The second kappa shape index (κ2) is 5.06. The van der Waals surface area contributed by atoms with Gasteiger partial charge < -0.3 is 15.2 Å². The SMILES string of the molecule is CCNc1cc(NCc2ncon2)ncn1. The first-order chi connectivity index (χ1) is 7.88. The lowest BCUT2D eigenvalue weighted by molar-refractivity contribution is 0.411. The van der Waals surface area contributed by atoms with E-state index in [0.29, 0.717) is 12.4 Å². The number of hydrogen-bond donors (Lipinski definition) is 2. The number of nitrogens with one attached hydrogen (secondary N) is 2. The van der Waals surface area contributed by atoms with Crippen molar-refractivity contribution < 1.29 is 4.52 Å². The molecule has 0 spiro atoms. The third kappa shape index (κ3) is 2.66. The first kappa shape index (κ1) is 10.3. The predicted octanol–water partition coefficient (Wildman–Crippen LogP) is 0.903. The van der Waals surface area contributed by atoms with Crippen LogP contribution in [0.25, 0.3) is 0 Å². The van der Waals surface area contributed by atoms with Gasteiger partial charge in [-0.2, -0.15) is 4.98 Å². The number of hydrogen-bond acceptors (Lipinski definition) is 7. The van der Waals surface area contributed by atoms with Gasteiger partial charge >= 0.3 is 0 Å². The minimum absolute atomic E-state index is 0.471. The average Bonchev–Trinajstić information content (AvgIpc) is 2.80. The summed E-state index contributed by atoms with van der Waals surface area (Å²) in [7, 11) is 0. The molecule has 0 atom stereocenters. The fourth-order valence-electron chi connectivity index (χ4n) is 1.17. The first-order valence-electron chi connectivity index (χ1n) is 4.93. The van der Waals surface area contributed by atoms with E-state index in [9.17, 15) is 0 Å². The molecule has 0 unspecified atom stereocenters. The smallest absolute Gasteiger partial charge is 0.213 e. The van der Waals surface area contributed by atoms with Gasteiger partial charge in [-0.25, -0.2) is 9.97 Å². The Kier molecular flexibility index (Phi) is 3.27. The van der Waals surface area contributed by atoms with E-state index in [4.69, 9.17) is 0 Å². The second-order valence-electron chi connectivity index (χ2n) is 3.02. The maximum atomic E-state index is 4.62. The van der Waals surface area contributed by atoms with Gasteiger partial charge in [0.1, 0.15) is 18.0 Å². The molecule has 0 aliphatic rings. The Hall–Kier alpha value is -2.18. The maximum absolute atomic E-state index is 4.62. The molecule has 2 aromatic rings. The number of rotatable bonds is 5. The Balaban J connectivity index is 1.96. The fraction of sp³-hybridized carbons (Fsp3) is 0.333. The second-order valence-corrected chi connectivity index (χ2v) is 3.02. The quantitative estimate of drug-likeness (QED) is 0.773. The summed E-state index contributed by atoms with van der Waals surface area (Å²) in [5, 5.41) is 9.85. The lowest BCUT2D eigenvalue weighted by atomic mass is 10.5. The molecule has 0 saturated heterocycles. The van der Waals surface area contributed by atoms with Crippen molar-refractivity contribution in [2.24, 2.45) is 0 Å². The van der Waals surface area contributed by atoms with Crippen LogP contribution in [-0.4, -0.2) is 26.7 Å². The molecule has 2 heterocycles. The van der Waals surface area contributed by atoms with Crippen molar-refractivity contribution in [3.63, 3.8) is 0 Å². The van der Waals surface area contributed by atoms with Crippen LogP contribution in [0.5, 0.6) is 0 Å². The molecule has 0 aromatic carbocycles. The van der Waals surface area contributed by atoms with Crippen molar-refractivity contribution in [2.75, 3.05) is 17.2 Å². The summed E-state index contributed by atoms with van der Waals surface area (Å²) in [4.78, 5) is 12.0. The van der Waals surface area contributed by atoms with E-state index < -0.39 is 0 Å². The van der Waals surface area contributed by atoms with Gasteiger partial charge in [0.25, 0.3) is 0 Å². The largest absolute Gasteiger partial charge is 0.370 e. The summed E-state index contributed by atoms with van der Waals surface area (Å²) >= 11 is 0. The Morgan fingerprint density at radius 2 is 2.00 bits per heavy atom. The Labute approximate surface area is 92.3 Å². The summed E-state index contributed by atoms with van der Waals surface area (Å²) in [5.74, 6) is 2.09. The van der Waals surface area contributed by atoms with Gasteiger partial charge in [-0.15, -0.1) is 0 Å². The van der Waals surface area contributed by atoms with Crippen molar-refractivity contribution in [3.8, 4) is 0 Å². The van der Waals surface area contributed by atoms with Crippen molar-refractivity contribution in [1.82, 2.24) is 20.1 Å². The molecule has 0 amide bonds. The van der Waals surface area contributed by atoms with Crippen molar-refractivity contribution in [3.05, 3.63) is 24.6 Å². The molecule has 0 fully saturated rings. The number of nitrogens with zero attached hydrogens (tertiary/aromatic N) is 4. The molecule has 2 rings (SSSR count). The minimum atomic E-state index is 0.471. The van der Waals surface area contributed by atoms with Crippen LogP contribution in [-0.2, 0) is 6.54 Å². The highest BCUT2D eigenvalue weighted by atomic mass is 16.5. The van der Waals surface area contributed by atoms with Gasteiger partial charge in [0.05, 0.1) is 6.54 Å². The number of aromatic nitrogens is 4. The highest BCUT2D eigenvalue weighted by Crippen LogP contribution is 2.08. The molecule has 7 heteroatoms. The van der Waals surface area contributed by atoms with Gasteiger partial charge in [-0.3, -0.25) is 0 Å². The topological polar surface area (TPSA) is 88.8 Å². The monoisotopic (exact) mass is 220 g/mol. The molecule has 7 nitrogen and oxygen atoms in total. The van der Waals surface area contributed by atoms with Crippen LogP contribution in [0.15, 0.2) is 23.3 Å². The average molecular weight is 220 g/mol. The Morgan fingerprint density at radius 3 is 2.69 bits per heavy atom. The van der Waals surface area contributed by atoms with Crippen LogP contribution in [0.2, 0.25) is 0 Å². The van der Waals surface area contributed by atoms with Crippen LogP contribution in [0.3, 0.4) is 0 Å². The summed E-state index contributed by atoms with van der Waals surface area (Å²) in [6.45, 7) is 3.30. The lowest BCUT2D eigenvalue weighted by Crippen LogP contribution is -2.05. The third-order valence-electron chi connectivity index (χ3n) is 1.86. The first-order valence-corrected chi connectivity index (χ1v) is 4.93. The summed E-state index contributed by atoms with van der Waals surface area (Å²) in [5.41, 5.74) is 0. The third-order valence-corrected chi connectivity index (χ3v) is 1.86. The highest BCUT2D eigenvalue weighted by molar-refractivity contribution is 5.46. The zero-order valence-electron chi connectivity index (χ0n) is 8.84. The fourth-order valence-corrected chi connectivity index (χ4v) is 1.17. The molecule has 0 aliphatic heterocycles. The van der Waals surface area contributed by atoms with E-state index in [1.54, 1.807) is 0 Å². The zero-order chi connectivity index (χ0) is 11.2. The summed E-state index contributed by atoms with van der Waals surface area (Å²) < 4.78 is 4.62. The molecule has 0 saturated carbocycles. The summed E-state index contributed by atoms with van der Waals surface area (Å²) in [6.07, 6.45) is 2.79. The van der Waals surface area contributed by atoms with Gasteiger partial charge in [0.2, 0.25) is 6.39 Å². The van der Waals surface area contributed by atoms with Crippen molar-refractivity contribution >= 4 is 11.6 Å². The Morgan fingerprint density at radius 1 is 1.19 bits per heavy atom. The lowest BCUT2D eigenvalue weighted by Gasteiger charge is -2.05. The van der Waals surface area contributed by atoms with Crippen LogP contribution in [0, 0.1) is 0 Å². The van der Waals surface area contributed by atoms with Gasteiger partial charge in [0.15, 0.2) is 5.82 Å². The molecular weight excluding hydrogens is 208 g/mol. The van der Waals surface area contributed by atoms with E-state index in [1.807, 2.05) is 13.0 Å². The molecule has 16 heavy (non-hydrogen) atoms. The van der Waals surface area contributed by atoms with Gasteiger partial charge in [-0.05, 0) is 6.92 Å². The molecular formula is C9H12N6O. The zero-order valence-corrected chi connectivity index (χ0v) is 8.84. The molecule has 2 aromatic heterocycles. The van der Waals surface area contributed by atoms with Crippen LogP contribution < -0.4 is 10.6 Å². The highest BCUT2D eigenvalue weighted by Gasteiger charge is 2.00. The summed E-state index contributed by atoms with van der Waals surface area (Å²) in [6, 6.07) is 1.82. The van der Waals surface area contributed by atoms with E-state index in [2.05, 4.69) is 35.3 Å². The van der Waals surface area contributed by atoms with Crippen molar-refractivity contribution in [2.45, 2.75) is 13.5 Å². The van der Waals surface area contributed by atoms with E-state index in [-0.39, 0.29) is 0 Å². The normalized spacial score (nSPS) is 10.1. The number of anilines is 2. The van der Waals surface area contributed by atoms with Crippen LogP contribution in [0.1, 0.15) is 12.7 Å². The van der Waals surface area contributed by atoms with Crippen LogP contribution >= 0.6 is 0 Å². The van der Waals surface area contributed by atoms with E-state index in [1.165, 1.54) is 12.7 Å². The van der Waals surface area contributed by atoms with Gasteiger partial charge in [0, 0.05) is 12.6 Å². The molecule has 84 valence electrons. The predicted molar refractivity (Wildman–Crippen MR) is 57.8 cm³/mol. The van der Waals surface area contributed by atoms with E-state index >= 15 is 0 Å². The van der Waals surface area contributed by atoms with Crippen molar-refractivity contribution in [1.29, 1.82) is 0 Å².